The van der Waals surface area contributed by atoms with Gasteiger partial charge < -0.3 is 19.1 Å². The molecule has 0 radical (unpaired) electrons. The first-order chi connectivity index (χ1) is 14.6. The Bertz CT molecular complexity index is 1130. The molecule has 0 atom stereocenters. The van der Waals surface area contributed by atoms with Crippen LogP contribution < -0.4 is 10.1 Å². The van der Waals surface area contributed by atoms with Gasteiger partial charge in [-0.05, 0) is 54.1 Å². The summed E-state index contributed by atoms with van der Waals surface area (Å²) in [7, 11) is 1.62. The Kier molecular flexibility index (Phi) is 5.81. The highest BCUT2D eigenvalue weighted by molar-refractivity contribution is 6.30. The van der Waals surface area contributed by atoms with Gasteiger partial charge in [0.1, 0.15) is 18.0 Å². The summed E-state index contributed by atoms with van der Waals surface area (Å²) in [4.78, 5) is 16.9. The van der Waals surface area contributed by atoms with E-state index in [1.165, 1.54) is 0 Å². The van der Waals surface area contributed by atoms with Crippen molar-refractivity contribution in [3.8, 4) is 28.7 Å². The van der Waals surface area contributed by atoms with E-state index in [2.05, 4.69) is 15.5 Å². The molecular formula is C22H19ClN4O3. The number of ether oxygens (including phenoxy) is 1. The van der Waals surface area contributed by atoms with E-state index in [0.29, 0.717) is 29.0 Å². The molecule has 0 aliphatic heterocycles. The zero-order chi connectivity index (χ0) is 20.9. The van der Waals surface area contributed by atoms with E-state index in [0.717, 1.165) is 16.9 Å². The van der Waals surface area contributed by atoms with Crippen LogP contribution in [-0.2, 0) is 17.9 Å². The number of rotatable bonds is 7. The zero-order valence-corrected chi connectivity index (χ0v) is 17.0. The van der Waals surface area contributed by atoms with Crippen molar-refractivity contribution in [3.63, 3.8) is 0 Å². The molecule has 8 heteroatoms. The minimum atomic E-state index is -0.124. The second-order valence-electron chi connectivity index (χ2n) is 6.58. The third kappa shape index (κ3) is 4.52. The second kappa shape index (κ2) is 8.84. The van der Waals surface area contributed by atoms with Crippen LogP contribution in [0.2, 0.25) is 5.02 Å². The monoisotopic (exact) mass is 422 g/mol. The first-order valence-electron chi connectivity index (χ1n) is 9.27. The van der Waals surface area contributed by atoms with E-state index in [1.54, 1.807) is 30.0 Å². The zero-order valence-electron chi connectivity index (χ0n) is 16.2. The Morgan fingerprint density at radius 1 is 1.13 bits per heavy atom. The Morgan fingerprint density at radius 3 is 2.63 bits per heavy atom. The van der Waals surface area contributed by atoms with Crippen molar-refractivity contribution >= 4 is 17.5 Å². The van der Waals surface area contributed by atoms with Crippen LogP contribution in [0.15, 0.2) is 71.4 Å². The number of carbonyl (C=O) groups is 1. The molecule has 2 heterocycles. The van der Waals surface area contributed by atoms with Crippen molar-refractivity contribution in [1.82, 2.24) is 20.0 Å². The molecule has 7 nitrogen and oxygen atoms in total. The van der Waals surface area contributed by atoms with E-state index in [4.69, 9.17) is 20.9 Å². The number of carbonyl (C=O) groups excluding carboxylic acids is 1. The van der Waals surface area contributed by atoms with Gasteiger partial charge in [0.15, 0.2) is 0 Å². The summed E-state index contributed by atoms with van der Waals surface area (Å²) in [6.45, 7) is 0.567. The molecule has 0 unspecified atom stereocenters. The van der Waals surface area contributed by atoms with Crippen LogP contribution in [0.3, 0.4) is 0 Å². The van der Waals surface area contributed by atoms with Crippen LogP contribution in [0.5, 0.6) is 5.75 Å². The third-order valence-corrected chi connectivity index (χ3v) is 4.79. The lowest BCUT2D eigenvalue weighted by Crippen LogP contribution is -2.27. The summed E-state index contributed by atoms with van der Waals surface area (Å²) in [6, 6.07) is 18.4. The summed E-state index contributed by atoms with van der Waals surface area (Å²) >= 11 is 5.92. The predicted octanol–water partition coefficient (Wildman–Crippen LogP) is 4.18. The van der Waals surface area contributed by atoms with Crippen LogP contribution in [0, 0.1) is 0 Å². The highest BCUT2D eigenvalue weighted by Gasteiger charge is 2.15. The molecule has 0 fully saturated rings. The molecule has 2 aromatic heterocycles. The highest BCUT2D eigenvalue weighted by Crippen LogP contribution is 2.24. The number of benzene rings is 2. The number of nitrogens with zero attached hydrogens (tertiary/aromatic N) is 3. The SMILES string of the molecule is COc1ccc(CNC(=O)Cn2cccc2-c2nc(-c3ccc(Cl)cc3)no2)cc1. The van der Waals surface area contributed by atoms with Crippen molar-refractivity contribution in [1.29, 1.82) is 0 Å². The first-order valence-corrected chi connectivity index (χ1v) is 9.65. The van der Waals surface area contributed by atoms with Gasteiger partial charge in [-0.3, -0.25) is 4.79 Å². The molecule has 4 rings (SSSR count). The fourth-order valence-corrected chi connectivity index (χ4v) is 3.07. The van der Waals surface area contributed by atoms with Crippen LogP contribution in [-0.4, -0.2) is 27.7 Å². The average molecular weight is 423 g/mol. The molecule has 0 saturated heterocycles. The molecule has 0 spiro atoms. The van der Waals surface area contributed by atoms with Crippen molar-refractivity contribution in [2.45, 2.75) is 13.1 Å². The van der Waals surface area contributed by atoms with Crippen LogP contribution in [0.25, 0.3) is 23.0 Å². The summed E-state index contributed by atoms with van der Waals surface area (Å²) < 4.78 is 12.3. The van der Waals surface area contributed by atoms with Gasteiger partial charge in [-0.15, -0.1) is 0 Å². The minimum Gasteiger partial charge on any atom is -0.497 e. The molecule has 2 aromatic carbocycles. The van der Waals surface area contributed by atoms with Gasteiger partial charge in [-0.1, -0.05) is 28.9 Å². The number of hydrogen-bond acceptors (Lipinski definition) is 5. The van der Waals surface area contributed by atoms with E-state index in [1.807, 2.05) is 48.5 Å². The molecule has 0 bridgehead atoms. The van der Waals surface area contributed by atoms with E-state index < -0.39 is 0 Å². The molecular weight excluding hydrogens is 404 g/mol. The van der Waals surface area contributed by atoms with Crippen LogP contribution >= 0.6 is 11.6 Å². The third-order valence-electron chi connectivity index (χ3n) is 4.54. The van der Waals surface area contributed by atoms with Gasteiger partial charge in [-0.2, -0.15) is 4.98 Å². The average Bonchev–Trinajstić information content (AvgIpc) is 3.42. The number of nitrogens with one attached hydrogen (secondary N) is 1. The number of halogens is 1. The van der Waals surface area contributed by atoms with Crippen LogP contribution in [0.4, 0.5) is 0 Å². The summed E-state index contributed by atoms with van der Waals surface area (Å²) in [6.07, 6.45) is 1.80. The second-order valence-corrected chi connectivity index (χ2v) is 7.01. The quantitative estimate of drug-likeness (QED) is 0.483. The van der Waals surface area contributed by atoms with Crippen molar-refractivity contribution in [3.05, 3.63) is 77.4 Å². The largest absolute Gasteiger partial charge is 0.497 e. The Balaban J connectivity index is 1.41. The number of methoxy groups -OCH3 is 1. The maximum absolute atomic E-state index is 12.4. The Morgan fingerprint density at radius 2 is 1.90 bits per heavy atom. The molecule has 30 heavy (non-hydrogen) atoms. The lowest BCUT2D eigenvalue weighted by atomic mass is 10.2. The van der Waals surface area contributed by atoms with Gasteiger partial charge in [0.05, 0.1) is 7.11 Å². The fourth-order valence-electron chi connectivity index (χ4n) is 2.94. The summed E-state index contributed by atoms with van der Waals surface area (Å²) in [5, 5.41) is 7.58. The Hall–Kier alpha value is -3.58. The first kappa shape index (κ1) is 19.7. The molecule has 4 aromatic rings. The normalized spacial score (nSPS) is 10.7. The lowest BCUT2D eigenvalue weighted by Gasteiger charge is -2.08. The van der Waals surface area contributed by atoms with Gasteiger partial charge in [0.25, 0.3) is 5.89 Å². The number of aromatic nitrogens is 3. The van der Waals surface area contributed by atoms with Crippen molar-refractivity contribution in [2.75, 3.05) is 7.11 Å². The molecule has 0 saturated carbocycles. The summed E-state index contributed by atoms with van der Waals surface area (Å²) in [5.74, 6) is 1.45. The maximum Gasteiger partial charge on any atom is 0.274 e. The van der Waals surface area contributed by atoms with Gasteiger partial charge in [-0.25, -0.2) is 0 Å². The highest BCUT2D eigenvalue weighted by atomic mass is 35.5. The van der Waals surface area contributed by atoms with E-state index in [-0.39, 0.29) is 12.5 Å². The predicted molar refractivity (Wildman–Crippen MR) is 113 cm³/mol. The lowest BCUT2D eigenvalue weighted by molar-refractivity contribution is -0.121. The smallest absolute Gasteiger partial charge is 0.274 e. The summed E-state index contributed by atoms with van der Waals surface area (Å²) in [5.41, 5.74) is 2.45. The fraction of sp³-hybridized carbons (Fsp3) is 0.136. The molecule has 152 valence electrons. The van der Waals surface area contributed by atoms with Crippen LogP contribution in [0.1, 0.15) is 5.56 Å². The number of hydrogen-bond donors (Lipinski definition) is 1. The van der Waals surface area contributed by atoms with Crippen molar-refractivity contribution in [2.24, 2.45) is 0 Å². The van der Waals surface area contributed by atoms with Gasteiger partial charge in [0, 0.05) is 23.3 Å². The van der Waals surface area contributed by atoms with E-state index in [9.17, 15) is 4.79 Å². The molecule has 0 aliphatic rings. The van der Waals surface area contributed by atoms with Gasteiger partial charge in [0.2, 0.25) is 11.7 Å². The molecule has 1 N–H and O–H groups in total. The minimum absolute atomic E-state index is 0.124. The van der Waals surface area contributed by atoms with Crippen molar-refractivity contribution < 1.29 is 14.1 Å². The van der Waals surface area contributed by atoms with E-state index >= 15 is 0 Å². The molecule has 0 aliphatic carbocycles. The topological polar surface area (TPSA) is 82.2 Å². The standard InChI is InChI=1S/C22H19ClN4O3/c1-29-18-10-4-15(5-11-18)13-24-20(28)14-27-12-2-3-19(27)22-25-21(26-30-22)16-6-8-17(23)9-7-16/h2-12H,13-14H2,1H3,(H,24,28). The molecule has 1 amide bonds. The van der Waals surface area contributed by atoms with Gasteiger partial charge >= 0.3 is 0 Å². The number of amides is 1. The Labute approximate surface area is 178 Å². The maximum atomic E-state index is 12.4.